The van der Waals surface area contributed by atoms with E-state index in [0.29, 0.717) is 21.9 Å². The molecule has 0 bridgehead atoms. The van der Waals surface area contributed by atoms with E-state index in [9.17, 15) is 9.59 Å². The van der Waals surface area contributed by atoms with Crippen molar-refractivity contribution in [1.29, 1.82) is 0 Å². The van der Waals surface area contributed by atoms with Crippen molar-refractivity contribution in [2.24, 2.45) is 0 Å². The van der Waals surface area contributed by atoms with Gasteiger partial charge in [0.05, 0.1) is 0 Å². The van der Waals surface area contributed by atoms with E-state index in [1.165, 1.54) is 12.1 Å². The highest BCUT2D eigenvalue weighted by atomic mass is 35.5. The van der Waals surface area contributed by atoms with Gasteiger partial charge in [-0.05, 0) is 48.9 Å². The summed E-state index contributed by atoms with van der Waals surface area (Å²) in [6, 6.07) is 13.5. The minimum absolute atomic E-state index is 0.199. The molecule has 2 heterocycles. The molecule has 0 saturated carbocycles. The Bertz CT molecular complexity index is 1260. The van der Waals surface area contributed by atoms with Gasteiger partial charge in [-0.25, -0.2) is 4.79 Å². The fourth-order valence-electron chi connectivity index (χ4n) is 2.96. The lowest BCUT2D eigenvalue weighted by Gasteiger charge is -2.10. The lowest BCUT2D eigenvalue weighted by molar-refractivity contribution is 0.308. The van der Waals surface area contributed by atoms with Gasteiger partial charge in [-0.15, -0.1) is 0 Å². The molecule has 2 aromatic carbocycles. The second-order valence-corrected chi connectivity index (χ2v) is 6.48. The summed E-state index contributed by atoms with van der Waals surface area (Å²) < 4.78 is 11.0. The first-order valence-electron chi connectivity index (χ1n) is 7.98. The predicted molar refractivity (Wildman–Crippen MR) is 101 cm³/mol. The average molecular weight is 368 g/mol. The molecule has 1 N–H and O–H groups in total. The standard InChI is InChI=1S/C20H14ClNO4/c1-11-6-20(24)26-18-5-3-14(9-15(11)18)25-10-12-7-19(23)22-17-4-2-13(21)8-16(12)17/h2-9H,10H2,1H3,(H,22,23). The van der Waals surface area contributed by atoms with Crippen molar-refractivity contribution in [3.63, 3.8) is 0 Å². The van der Waals surface area contributed by atoms with Gasteiger partial charge in [0.25, 0.3) is 0 Å². The van der Waals surface area contributed by atoms with E-state index in [2.05, 4.69) is 4.98 Å². The molecule has 0 atom stereocenters. The average Bonchev–Trinajstić information content (AvgIpc) is 2.60. The molecule has 0 radical (unpaired) electrons. The van der Waals surface area contributed by atoms with Crippen LogP contribution in [0.4, 0.5) is 0 Å². The van der Waals surface area contributed by atoms with Crippen LogP contribution in [0.15, 0.2) is 62.5 Å². The molecule has 2 aromatic heterocycles. The number of nitrogens with one attached hydrogen (secondary N) is 1. The molecule has 0 aliphatic heterocycles. The maximum atomic E-state index is 11.9. The first-order valence-corrected chi connectivity index (χ1v) is 8.36. The summed E-state index contributed by atoms with van der Waals surface area (Å²) in [6.07, 6.45) is 0. The normalized spacial score (nSPS) is 11.2. The van der Waals surface area contributed by atoms with E-state index in [1.54, 1.807) is 30.3 Å². The largest absolute Gasteiger partial charge is 0.489 e. The molecule has 0 aliphatic carbocycles. The smallest absolute Gasteiger partial charge is 0.336 e. The molecule has 6 heteroatoms. The Kier molecular flexibility index (Phi) is 4.01. The van der Waals surface area contributed by atoms with Gasteiger partial charge in [0.2, 0.25) is 5.56 Å². The fraction of sp³-hybridized carbons (Fsp3) is 0.100. The second-order valence-electron chi connectivity index (χ2n) is 6.04. The summed E-state index contributed by atoms with van der Waals surface area (Å²) in [5.74, 6) is 0.616. The fourth-order valence-corrected chi connectivity index (χ4v) is 3.14. The van der Waals surface area contributed by atoms with Crippen molar-refractivity contribution in [3.05, 3.63) is 85.5 Å². The van der Waals surface area contributed by atoms with E-state index >= 15 is 0 Å². The van der Waals surface area contributed by atoms with Crippen molar-refractivity contribution >= 4 is 33.5 Å². The molecule has 4 aromatic rings. The van der Waals surface area contributed by atoms with Crippen molar-refractivity contribution < 1.29 is 9.15 Å². The van der Waals surface area contributed by atoms with Crippen LogP contribution in [-0.2, 0) is 6.61 Å². The Morgan fingerprint density at radius 3 is 2.73 bits per heavy atom. The Morgan fingerprint density at radius 2 is 1.88 bits per heavy atom. The lowest BCUT2D eigenvalue weighted by Crippen LogP contribution is -2.08. The lowest BCUT2D eigenvalue weighted by atomic mass is 10.1. The molecule has 130 valence electrons. The van der Waals surface area contributed by atoms with Crippen LogP contribution >= 0.6 is 11.6 Å². The molecular weight excluding hydrogens is 354 g/mol. The van der Waals surface area contributed by atoms with E-state index in [0.717, 1.165) is 21.9 Å². The zero-order chi connectivity index (χ0) is 18.3. The van der Waals surface area contributed by atoms with Gasteiger partial charge in [0.15, 0.2) is 0 Å². The van der Waals surface area contributed by atoms with Gasteiger partial charge < -0.3 is 14.1 Å². The zero-order valence-corrected chi connectivity index (χ0v) is 14.6. The van der Waals surface area contributed by atoms with E-state index < -0.39 is 0 Å². The molecule has 0 unspecified atom stereocenters. The Morgan fingerprint density at radius 1 is 1.04 bits per heavy atom. The minimum Gasteiger partial charge on any atom is -0.489 e. The van der Waals surface area contributed by atoms with Crippen LogP contribution in [-0.4, -0.2) is 4.98 Å². The molecular formula is C20H14ClNO4. The van der Waals surface area contributed by atoms with Gasteiger partial charge in [-0.1, -0.05) is 11.6 Å². The van der Waals surface area contributed by atoms with Gasteiger partial charge in [-0.3, -0.25) is 4.79 Å². The number of hydrogen-bond acceptors (Lipinski definition) is 4. The first kappa shape index (κ1) is 16.4. The summed E-state index contributed by atoms with van der Waals surface area (Å²) in [6.45, 7) is 2.05. The Balaban J connectivity index is 1.70. The molecule has 0 aliphatic rings. The summed E-state index contributed by atoms with van der Waals surface area (Å²) in [5.41, 5.74) is 2.19. The third kappa shape index (κ3) is 3.09. The summed E-state index contributed by atoms with van der Waals surface area (Å²) in [7, 11) is 0. The molecule has 5 nitrogen and oxygen atoms in total. The molecule has 0 saturated heterocycles. The van der Waals surface area contributed by atoms with E-state index in [4.69, 9.17) is 20.8 Å². The third-order valence-corrected chi connectivity index (χ3v) is 4.44. The number of H-pyrrole nitrogens is 1. The number of aryl methyl sites for hydroxylation is 1. The van der Waals surface area contributed by atoms with Crippen molar-refractivity contribution in [2.45, 2.75) is 13.5 Å². The van der Waals surface area contributed by atoms with Crippen LogP contribution < -0.4 is 15.9 Å². The summed E-state index contributed by atoms with van der Waals surface area (Å²) in [5, 5.41) is 2.23. The van der Waals surface area contributed by atoms with Crippen molar-refractivity contribution in [3.8, 4) is 5.75 Å². The van der Waals surface area contributed by atoms with Gasteiger partial charge in [-0.2, -0.15) is 0 Å². The number of aromatic amines is 1. The Labute approximate surface area is 152 Å². The van der Waals surface area contributed by atoms with Crippen LogP contribution in [0.25, 0.3) is 21.9 Å². The number of hydrogen-bond donors (Lipinski definition) is 1. The summed E-state index contributed by atoms with van der Waals surface area (Å²) >= 11 is 6.07. The monoisotopic (exact) mass is 367 g/mol. The number of pyridine rings is 1. The molecule has 26 heavy (non-hydrogen) atoms. The van der Waals surface area contributed by atoms with Crippen LogP contribution in [0.3, 0.4) is 0 Å². The van der Waals surface area contributed by atoms with Gasteiger partial charge in [0, 0.05) is 39.0 Å². The second kappa shape index (κ2) is 6.35. The van der Waals surface area contributed by atoms with Gasteiger partial charge >= 0.3 is 5.63 Å². The highest BCUT2D eigenvalue weighted by Gasteiger charge is 2.08. The molecule has 4 rings (SSSR count). The number of ether oxygens (including phenoxy) is 1. The third-order valence-electron chi connectivity index (χ3n) is 4.21. The van der Waals surface area contributed by atoms with Crippen molar-refractivity contribution in [2.75, 3.05) is 0 Å². The van der Waals surface area contributed by atoms with Crippen LogP contribution in [0.5, 0.6) is 5.75 Å². The quantitative estimate of drug-likeness (QED) is 0.551. The topological polar surface area (TPSA) is 72.3 Å². The highest BCUT2D eigenvalue weighted by Crippen LogP contribution is 2.25. The van der Waals surface area contributed by atoms with Gasteiger partial charge in [0.1, 0.15) is 17.9 Å². The maximum Gasteiger partial charge on any atom is 0.336 e. The molecule has 0 spiro atoms. The number of benzene rings is 2. The summed E-state index contributed by atoms with van der Waals surface area (Å²) in [4.78, 5) is 26.1. The van der Waals surface area contributed by atoms with Crippen LogP contribution in [0.2, 0.25) is 5.02 Å². The van der Waals surface area contributed by atoms with E-state index in [1.807, 2.05) is 13.0 Å². The predicted octanol–water partition coefficient (Wildman–Crippen LogP) is 4.18. The zero-order valence-electron chi connectivity index (χ0n) is 13.8. The highest BCUT2D eigenvalue weighted by molar-refractivity contribution is 6.31. The minimum atomic E-state index is -0.379. The van der Waals surface area contributed by atoms with E-state index in [-0.39, 0.29) is 17.8 Å². The number of halogens is 1. The molecule has 0 fully saturated rings. The van der Waals surface area contributed by atoms with Crippen LogP contribution in [0, 0.1) is 6.92 Å². The number of aromatic nitrogens is 1. The SMILES string of the molecule is Cc1cc(=O)oc2ccc(OCc3cc(=O)[nH]c4ccc(Cl)cc34)cc12. The number of fused-ring (bicyclic) bond motifs is 2. The number of rotatable bonds is 3. The first-order chi connectivity index (χ1) is 12.5. The molecule has 0 amide bonds. The van der Waals surface area contributed by atoms with Crippen LogP contribution in [0.1, 0.15) is 11.1 Å². The Hall–Kier alpha value is -3.05. The van der Waals surface area contributed by atoms with Crippen molar-refractivity contribution in [1.82, 2.24) is 4.98 Å². The maximum absolute atomic E-state index is 11.9.